The number of hydrogen-bond donors (Lipinski definition) is 0. The van der Waals surface area contributed by atoms with Crippen molar-refractivity contribution in [2.45, 2.75) is 13.8 Å². The molecule has 0 saturated heterocycles. The van der Waals surface area contributed by atoms with Crippen LogP contribution in [0.2, 0.25) is 0 Å². The van der Waals surface area contributed by atoms with E-state index in [1.54, 1.807) is 0 Å². The number of benzene rings is 2. The largest absolute Gasteiger partial charge is 0.145 e. The standard InChI is InChI=1S/C18H15PS/c1-11-10-15(12(2)20-11)13-7-5-9-17-18(13)14-6-3-4-8-16(14)19-17/h3-10,19H,1-2H3. The monoisotopic (exact) mass is 294 g/mol. The van der Waals surface area contributed by atoms with E-state index < -0.39 is 0 Å². The van der Waals surface area contributed by atoms with Gasteiger partial charge in [-0.1, -0.05) is 42.5 Å². The fourth-order valence-electron chi connectivity index (χ4n) is 3.02. The minimum absolute atomic E-state index is 0.799. The van der Waals surface area contributed by atoms with E-state index in [0.29, 0.717) is 0 Å². The van der Waals surface area contributed by atoms with E-state index in [0.717, 1.165) is 8.19 Å². The van der Waals surface area contributed by atoms with Crippen LogP contribution in [0, 0.1) is 13.8 Å². The van der Waals surface area contributed by atoms with Crippen LogP contribution in [-0.4, -0.2) is 0 Å². The highest BCUT2D eigenvalue weighted by atomic mass is 32.1. The second kappa shape index (κ2) is 4.48. The van der Waals surface area contributed by atoms with Crippen LogP contribution in [0.3, 0.4) is 0 Å². The summed E-state index contributed by atoms with van der Waals surface area (Å²) in [4.78, 5) is 2.81. The Morgan fingerprint density at radius 2 is 1.65 bits per heavy atom. The first kappa shape index (κ1) is 12.2. The van der Waals surface area contributed by atoms with E-state index in [1.807, 2.05) is 11.3 Å². The molecule has 4 aromatic rings. The Bertz CT molecular complexity index is 927. The highest BCUT2D eigenvalue weighted by Gasteiger charge is 2.12. The average Bonchev–Trinajstić information content (AvgIpc) is 2.98. The molecular weight excluding hydrogens is 279 g/mol. The Morgan fingerprint density at radius 3 is 2.45 bits per heavy atom. The van der Waals surface area contributed by atoms with Gasteiger partial charge in [-0.25, -0.2) is 0 Å². The maximum atomic E-state index is 2.33. The summed E-state index contributed by atoms with van der Waals surface area (Å²) in [5.41, 5.74) is 2.81. The first-order chi connectivity index (χ1) is 9.74. The molecule has 0 aliphatic rings. The molecule has 0 saturated carbocycles. The molecule has 1 unspecified atom stereocenters. The van der Waals surface area contributed by atoms with Crippen LogP contribution in [0.1, 0.15) is 9.75 Å². The molecule has 20 heavy (non-hydrogen) atoms. The summed E-state index contributed by atoms with van der Waals surface area (Å²) in [6, 6.07) is 17.9. The number of rotatable bonds is 1. The quantitative estimate of drug-likeness (QED) is 0.382. The predicted octanol–water partition coefficient (Wildman–Crippen LogP) is 6.37. The number of aryl methyl sites for hydroxylation is 2. The Labute approximate surface area is 124 Å². The number of fused-ring (bicyclic) bond motifs is 3. The zero-order valence-electron chi connectivity index (χ0n) is 11.5. The molecule has 0 fully saturated rings. The smallest absolute Gasteiger partial charge is 0.00956 e. The maximum Gasteiger partial charge on any atom is 0.00956 e. The summed E-state index contributed by atoms with van der Waals surface area (Å²) in [5, 5.41) is 5.87. The first-order valence-corrected chi connectivity index (χ1v) is 8.62. The summed E-state index contributed by atoms with van der Waals surface area (Å²) >= 11 is 1.89. The van der Waals surface area contributed by atoms with Crippen molar-refractivity contribution in [3.63, 3.8) is 0 Å². The molecule has 0 nitrogen and oxygen atoms in total. The van der Waals surface area contributed by atoms with Gasteiger partial charge in [0.25, 0.3) is 0 Å². The van der Waals surface area contributed by atoms with Crippen LogP contribution >= 0.6 is 19.5 Å². The molecular formula is C18H15PS. The molecule has 0 amide bonds. The summed E-state index contributed by atoms with van der Waals surface area (Å²) < 4.78 is 0. The Hall–Kier alpha value is -1.56. The summed E-state index contributed by atoms with van der Waals surface area (Å²) in [5.74, 6) is 0. The molecule has 0 bridgehead atoms. The molecule has 0 aliphatic carbocycles. The molecule has 4 rings (SSSR count). The molecule has 0 radical (unpaired) electrons. The van der Waals surface area contributed by atoms with Crippen LogP contribution in [0.25, 0.3) is 32.1 Å². The molecule has 0 aliphatic heterocycles. The van der Waals surface area contributed by atoms with Crippen molar-refractivity contribution >= 4 is 40.5 Å². The van der Waals surface area contributed by atoms with E-state index in [1.165, 1.54) is 41.9 Å². The van der Waals surface area contributed by atoms with Crippen LogP contribution in [0.15, 0.2) is 48.5 Å². The van der Waals surface area contributed by atoms with Crippen LogP contribution in [0.5, 0.6) is 0 Å². The summed E-state index contributed by atoms with van der Waals surface area (Å²) in [6.45, 7) is 4.43. The third-order valence-corrected chi connectivity index (χ3v) is 6.22. The van der Waals surface area contributed by atoms with Gasteiger partial charge in [0.05, 0.1) is 0 Å². The molecule has 0 N–H and O–H groups in total. The third kappa shape index (κ3) is 1.74. The van der Waals surface area contributed by atoms with Gasteiger partial charge in [-0.2, -0.15) is 0 Å². The van der Waals surface area contributed by atoms with E-state index in [-0.39, 0.29) is 0 Å². The SMILES string of the molecule is Cc1cc(-c2cccc3[pH]c4ccccc4c23)c(C)s1. The number of hydrogen-bond acceptors (Lipinski definition) is 1. The topological polar surface area (TPSA) is 0 Å². The number of thiophene rings is 1. The van der Waals surface area contributed by atoms with Gasteiger partial charge in [0.2, 0.25) is 0 Å². The summed E-state index contributed by atoms with van der Waals surface area (Å²) in [6.07, 6.45) is 0. The van der Waals surface area contributed by atoms with Crippen LogP contribution in [-0.2, 0) is 0 Å². The van der Waals surface area contributed by atoms with E-state index in [2.05, 4.69) is 62.4 Å². The van der Waals surface area contributed by atoms with Crippen molar-refractivity contribution < 1.29 is 0 Å². The average molecular weight is 294 g/mol. The fraction of sp³-hybridized carbons (Fsp3) is 0.111. The lowest BCUT2D eigenvalue weighted by atomic mass is 10.00. The van der Waals surface area contributed by atoms with Crippen molar-refractivity contribution in [2.24, 2.45) is 0 Å². The molecule has 2 aromatic heterocycles. The van der Waals surface area contributed by atoms with Gasteiger partial charge < -0.3 is 0 Å². The van der Waals surface area contributed by atoms with Gasteiger partial charge in [-0.05, 0) is 41.5 Å². The van der Waals surface area contributed by atoms with Gasteiger partial charge in [0, 0.05) is 20.3 Å². The molecule has 2 heterocycles. The van der Waals surface area contributed by atoms with Crippen molar-refractivity contribution in [3.8, 4) is 11.1 Å². The predicted molar refractivity (Wildman–Crippen MR) is 93.7 cm³/mol. The van der Waals surface area contributed by atoms with Gasteiger partial charge in [0.15, 0.2) is 0 Å². The van der Waals surface area contributed by atoms with Crippen LogP contribution in [0.4, 0.5) is 0 Å². The van der Waals surface area contributed by atoms with E-state index in [4.69, 9.17) is 0 Å². The highest BCUT2D eigenvalue weighted by Crippen LogP contribution is 2.44. The maximum absolute atomic E-state index is 2.33. The minimum Gasteiger partial charge on any atom is -0.145 e. The van der Waals surface area contributed by atoms with Gasteiger partial charge >= 0.3 is 0 Å². The second-order valence-corrected chi connectivity index (χ2v) is 8.01. The van der Waals surface area contributed by atoms with Crippen molar-refractivity contribution in [1.82, 2.24) is 0 Å². The van der Waals surface area contributed by atoms with Crippen LogP contribution < -0.4 is 0 Å². The molecule has 1 atom stereocenters. The van der Waals surface area contributed by atoms with E-state index >= 15 is 0 Å². The Morgan fingerprint density at radius 1 is 0.850 bits per heavy atom. The second-order valence-electron chi connectivity index (χ2n) is 5.23. The lowest BCUT2D eigenvalue weighted by Gasteiger charge is -2.04. The lowest BCUT2D eigenvalue weighted by molar-refractivity contribution is 1.59. The Kier molecular flexibility index (Phi) is 2.73. The minimum atomic E-state index is 0.799. The molecule has 0 spiro atoms. The Balaban J connectivity index is 2.16. The third-order valence-electron chi connectivity index (χ3n) is 3.86. The lowest BCUT2D eigenvalue weighted by Crippen LogP contribution is -1.78. The van der Waals surface area contributed by atoms with Gasteiger partial charge in [0.1, 0.15) is 0 Å². The summed E-state index contributed by atoms with van der Waals surface area (Å²) in [7, 11) is 0.799. The van der Waals surface area contributed by atoms with Gasteiger partial charge in [-0.15, -0.1) is 19.5 Å². The fourth-order valence-corrected chi connectivity index (χ4v) is 5.35. The normalized spacial score (nSPS) is 11.9. The van der Waals surface area contributed by atoms with Gasteiger partial charge in [-0.3, -0.25) is 0 Å². The van der Waals surface area contributed by atoms with Crippen molar-refractivity contribution in [3.05, 3.63) is 58.3 Å². The molecule has 2 aromatic carbocycles. The molecule has 98 valence electrons. The first-order valence-electron chi connectivity index (χ1n) is 6.81. The van der Waals surface area contributed by atoms with E-state index in [9.17, 15) is 0 Å². The zero-order valence-corrected chi connectivity index (χ0v) is 13.3. The highest BCUT2D eigenvalue weighted by molar-refractivity contribution is 7.44. The van der Waals surface area contributed by atoms with Crippen molar-refractivity contribution in [1.29, 1.82) is 0 Å². The zero-order chi connectivity index (χ0) is 13.7. The van der Waals surface area contributed by atoms with Crippen molar-refractivity contribution in [2.75, 3.05) is 0 Å². The molecule has 2 heteroatoms.